The molecule has 2 aromatic carbocycles. The molecule has 120 valence electrons. The first-order valence-corrected chi connectivity index (χ1v) is 8.06. The van der Waals surface area contributed by atoms with E-state index in [4.69, 9.17) is 4.74 Å². The number of ether oxygens (including phenoxy) is 1. The van der Waals surface area contributed by atoms with Crippen LogP contribution in [0.4, 0.5) is 0 Å². The molecule has 1 N–H and O–H groups in total. The van der Waals surface area contributed by atoms with Crippen LogP contribution in [0.5, 0.6) is 5.75 Å². The molecule has 0 aliphatic rings. The maximum atomic E-state index is 11.8. The molecule has 5 nitrogen and oxygen atoms in total. The summed E-state index contributed by atoms with van der Waals surface area (Å²) in [6, 6.07) is 17.0. The summed E-state index contributed by atoms with van der Waals surface area (Å²) in [4.78, 5) is 16.1. The van der Waals surface area contributed by atoms with Crippen molar-refractivity contribution >= 4 is 39.0 Å². The Morgan fingerprint density at radius 1 is 1.21 bits per heavy atom. The fraction of sp³-hybridized carbons (Fsp3) is 0.0556. The number of fused-ring (bicyclic) bond motifs is 1. The molecule has 0 unspecified atom stereocenters. The number of hydrogen-bond acceptors (Lipinski definition) is 4. The monoisotopic (exact) mass is 383 g/mol. The van der Waals surface area contributed by atoms with E-state index in [2.05, 4.69) is 31.4 Å². The van der Waals surface area contributed by atoms with Crippen LogP contribution in [0.2, 0.25) is 0 Å². The fourth-order valence-electron chi connectivity index (χ4n) is 2.13. The lowest BCUT2D eigenvalue weighted by Crippen LogP contribution is -2.24. The smallest absolute Gasteiger partial charge is 0.277 e. The molecule has 0 aliphatic carbocycles. The molecule has 1 amide bonds. The lowest BCUT2D eigenvalue weighted by molar-refractivity contribution is -0.123. The van der Waals surface area contributed by atoms with Gasteiger partial charge in [0.05, 0.1) is 6.21 Å². The second kappa shape index (κ2) is 7.70. The molecule has 3 rings (SSSR count). The number of carbonyl (C=O) groups excluding carboxylic acids is 1. The van der Waals surface area contributed by atoms with Crippen LogP contribution in [-0.4, -0.2) is 23.7 Å². The zero-order valence-corrected chi connectivity index (χ0v) is 14.2. The summed E-state index contributed by atoms with van der Waals surface area (Å²) in [6.07, 6.45) is 3.26. The van der Waals surface area contributed by atoms with Crippen molar-refractivity contribution in [3.8, 4) is 5.75 Å². The van der Waals surface area contributed by atoms with Crippen LogP contribution in [0.3, 0.4) is 0 Å². The molecular formula is C18H14BrN3O2. The summed E-state index contributed by atoms with van der Waals surface area (Å²) in [5.74, 6) is 0.230. The quantitative estimate of drug-likeness (QED) is 0.541. The minimum Gasteiger partial charge on any atom is -0.481 e. The highest BCUT2D eigenvalue weighted by atomic mass is 79.9. The highest BCUT2D eigenvalue weighted by Gasteiger charge is 2.05. The number of hydrogen-bond donors (Lipinski definition) is 1. The van der Waals surface area contributed by atoms with Crippen LogP contribution in [-0.2, 0) is 4.79 Å². The first kappa shape index (κ1) is 16.1. The normalized spacial score (nSPS) is 10.9. The molecule has 0 fully saturated rings. The van der Waals surface area contributed by atoms with Crippen LogP contribution in [0.1, 0.15) is 5.56 Å². The Balaban J connectivity index is 1.57. The van der Waals surface area contributed by atoms with Crippen LogP contribution in [0, 0.1) is 0 Å². The Morgan fingerprint density at radius 3 is 2.92 bits per heavy atom. The van der Waals surface area contributed by atoms with Crippen molar-refractivity contribution in [2.24, 2.45) is 5.10 Å². The Bertz CT molecular complexity index is 891. The standard InChI is InChI=1S/C18H14BrN3O2/c19-15-7-1-4-13(10-15)11-21-22-17(23)12-24-16-8-2-5-14-6-3-9-20-18(14)16/h1-11H,12H2,(H,22,23)/b21-11-. The van der Waals surface area contributed by atoms with Gasteiger partial charge in [0.1, 0.15) is 11.3 Å². The van der Waals surface area contributed by atoms with Crippen molar-refractivity contribution < 1.29 is 9.53 Å². The predicted octanol–water partition coefficient (Wildman–Crippen LogP) is 3.53. The van der Waals surface area contributed by atoms with E-state index in [0.29, 0.717) is 5.75 Å². The summed E-state index contributed by atoms with van der Waals surface area (Å²) in [5.41, 5.74) is 4.04. The minimum atomic E-state index is -0.339. The molecule has 24 heavy (non-hydrogen) atoms. The predicted molar refractivity (Wildman–Crippen MR) is 97.1 cm³/mol. The molecule has 0 radical (unpaired) electrons. The number of halogens is 1. The Hall–Kier alpha value is -2.73. The van der Waals surface area contributed by atoms with Gasteiger partial charge < -0.3 is 4.74 Å². The second-order valence-electron chi connectivity index (χ2n) is 4.97. The molecule has 0 spiro atoms. The van der Waals surface area contributed by atoms with E-state index >= 15 is 0 Å². The molecule has 0 atom stereocenters. The van der Waals surface area contributed by atoms with Crippen molar-refractivity contribution in [2.75, 3.05) is 6.61 Å². The third-order valence-corrected chi connectivity index (χ3v) is 3.70. The van der Waals surface area contributed by atoms with Crippen LogP contribution in [0.25, 0.3) is 10.9 Å². The Labute approximate surface area is 147 Å². The van der Waals surface area contributed by atoms with Crippen molar-refractivity contribution in [1.82, 2.24) is 10.4 Å². The van der Waals surface area contributed by atoms with Crippen molar-refractivity contribution in [1.29, 1.82) is 0 Å². The van der Waals surface area contributed by atoms with Gasteiger partial charge in [-0.1, -0.05) is 46.3 Å². The van der Waals surface area contributed by atoms with Gasteiger partial charge in [0, 0.05) is 16.1 Å². The van der Waals surface area contributed by atoms with Crippen LogP contribution in [0.15, 0.2) is 70.4 Å². The average Bonchev–Trinajstić information content (AvgIpc) is 2.60. The number of amides is 1. The van der Waals surface area contributed by atoms with Gasteiger partial charge in [0.15, 0.2) is 6.61 Å². The highest BCUT2D eigenvalue weighted by Crippen LogP contribution is 2.22. The van der Waals surface area contributed by atoms with Gasteiger partial charge in [-0.15, -0.1) is 0 Å². The van der Waals surface area contributed by atoms with Gasteiger partial charge in [-0.3, -0.25) is 9.78 Å². The summed E-state index contributed by atoms with van der Waals surface area (Å²) in [6.45, 7) is -0.133. The number of nitrogens with zero attached hydrogens (tertiary/aromatic N) is 2. The summed E-state index contributed by atoms with van der Waals surface area (Å²) >= 11 is 3.38. The SMILES string of the molecule is O=C(COc1cccc2cccnc12)N/N=C\c1cccc(Br)c1. The van der Waals surface area contributed by atoms with E-state index in [9.17, 15) is 4.79 Å². The summed E-state index contributed by atoms with van der Waals surface area (Å²) in [7, 11) is 0. The summed E-state index contributed by atoms with van der Waals surface area (Å²) < 4.78 is 6.50. The zero-order chi connectivity index (χ0) is 16.8. The fourth-order valence-corrected chi connectivity index (χ4v) is 2.55. The molecule has 0 saturated carbocycles. The molecule has 0 saturated heterocycles. The molecule has 0 bridgehead atoms. The largest absolute Gasteiger partial charge is 0.481 e. The maximum Gasteiger partial charge on any atom is 0.277 e. The van der Waals surface area contributed by atoms with E-state index in [1.54, 1.807) is 18.5 Å². The Morgan fingerprint density at radius 2 is 2.04 bits per heavy atom. The van der Waals surface area contributed by atoms with Gasteiger partial charge in [-0.2, -0.15) is 5.10 Å². The number of benzene rings is 2. The van der Waals surface area contributed by atoms with Crippen molar-refractivity contribution in [3.63, 3.8) is 0 Å². The van der Waals surface area contributed by atoms with Gasteiger partial charge in [-0.25, -0.2) is 5.43 Å². The topological polar surface area (TPSA) is 63.6 Å². The second-order valence-corrected chi connectivity index (χ2v) is 5.88. The van der Waals surface area contributed by atoms with Gasteiger partial charge in [0.2, 0.25) is 0 Å². The van der Waals surface area contributed by atoms with Crippen LogP contribution < -0.4 is 10.2 Å². The molecule has 1 aromatic heterocycles. The van der Waals surface area contributed by atoms with Crippen molar-refractivity contribution in [3.05, 3.63) is 70.8 Å². The molecule has 0 aliphatic heterocycles. The highest BCUT2D eigenvalue weighted by molar-refractivity contribution is 9.10. The van der Waals surface area contributed by atoms with E-state index in [0.717, 1.165) is 20.9 Å². The minimum absolute atomic E-state index is 0.133. The molecular weight excluding hydrogens is 370 g/mol. The number of rotatable bonds is 5. The van der Waals surface area contributed by atoms with E-state index in [1.165, 1.54) is 0 Å². The Kier molecular flexibility index (Phi) is 5.18. The first-order valence-electron chi connectivity index (χ1n) is 7.26. The zero-order valence-electron chi connectivity index (χ0n) is 12.6. The average molecular weight is 384 g/mol. The lowest BCUT2D eigenvalue weighted by atomic mass is 10.2. The van der Waals surface area contributed by atoms with Gasteiger partial charge in [-0.05, 0) is 29.8 Å². The summed E-state index contributed by atoms with van der Waals surface area (Å²) in [5, 5.41) is 4.88. The molecule has 1 heterocycles. The van der Waals surface area contributed by atoms with Crippen LogP contribution >= 0.6 is 15.9 Å². The third kappa shape index (κ3) is 4.17. The van der Waals surface area contributed by atoms with Crippen molar-refractivity contribution in [2.45, 2.75) is 0 Å². The number of pyridine rings is 1. The van der Waals surface area contributed by atoms with E-state index < -0.39 is 0 Å². The molecule has 6 heteroatoms. The lowest BCUT2D eigenvalue weighted by Gasteiger charge is -2.07. The first-order chi connectivity index (χ1) is 11.7. The number of nitrogens with one attached hydrogen (secondary N) is 1. The molecule has 3 aromatic rings. The third-order valence-electron chi connectivity index (χ3n) is 3.21. The number of para-hydroxylation sites is 1. The number of aromatic nitrogens is 1. The maximum absolute atomic E-state index is 11.8. The van der Waals surface area contributed by atoms with Gasteiger partial charge >= 0.3 is 0 Å². The van der Waals surface area contributed by atoms with E-state index in [-0.39, 0.29) is 12.5 Å². The van der Waals surface area contributed by atoms with Gasteiger partial charge in [0.25, 0.3) is 5.91 Å². The number of hydrazone groups is 1. The van der Waals surface area contributed by atoms with E-state index in [1.807, 2.05) is 48.5 Å². The number of carbonyl (C=O) groups is 1.